The Bertz CT molecular complexity index is 601. The number of hydrogen-bond acceptors (Lipinski definition) is 1. The molecule has 0 fully saturated rings. The van der Waals surface area contributed by atoms with Gasteiger partial charge in [0.1, 0.15) is 0 Å². The molecular weight excluding hydrogens is 265 g/mol. The number of alkyl halides is 3. The van der Waals surface area contributed by atoms with E-state index in [0.29, 0.717) is 11.1 Å². The minimum atomic E-state index is -4.51. The van der Waals surface area contributed by atoms with Crippen molar-refractivity contribution in [2.45, 2.75) is 18.7 Å². The number of halogens is 3. The zero-order valence-corrected chi connectivity index (χ0v) is 10.9. The van der Waals surface area contributed by atoms with E-state index in [9.17, 15) is 13.2 Å². The molecule has 1 nitrogen and oxygen atoms in total. The highest BCUT2D eigenvalue weighted by molar-refractivity contribution is 5.80. The number of rotatable bonds is 2. The summed E-state index contributed by atoms with van der Waals surface area (Å²) in [6, 6.07) is 13.1. The van der Waals surface area contributed by atoms with Gasteiger partial charge in [0.2, 0.25) is 5.60 Å². The molecule has 0 bridgehead atoms. The highest BCUT2D eigenvalue weighted by atomic mass is 19.4. The van der Waals surface area contributed by atoms with E-state index < -0.39 is 11.8 Å². The number of fused-ring (bicyclic) bond motifs is 3. The average molecular weight is 278 g/mol. The summed E-state index contributed by atoms with van der Waals surface area (Å²) < 4.78 is 46.8. The van der Waals surface area contributed by atoms with Gasteiger partial charge in [-0.25, -0.2) is 0 Å². The van der Waals surface area contributed by atoms with Crippen LogP contribution in [0.15, 0.2) is 48.5 Å². The molecule has 0 aromatic heterocycles. The van der Waals surface area contributed by atoms with E-state index in [2.05, 4.69) is 0 Å². The minimum Gasteiger partial charge on any atom is -0.357 e. The van der Waals surface area contributed by atoms with Crippen molar-refractivity contribution in [1.29, 1.82) is 0 Å². The fraction of sp³-hybridized carbons (Fsp3) is 0.250. The third kappa shape index (κ3) is 1.54. The van der Waals surface area contributed by atoms with Crippen molar-refractivity contribution in [2.75, 3.05) is 6.61 Å². The SMILES string of the molecule is CCOC1(C(F)(F)F)c2ccccc2-c2ccccc21. The molecule has 0 radical (unpaired) electrons. The molecule has 0 N–H and O–H groups in total. The Morgan fingerprint density at radius 2 is 1.35 bits per heavy atom. The lowest BCUT2D eigenvalue weighted by Gasteiger charge is -2.33. The Morgan fingerprint density at radius 1 is 0.900 bits per heavy atom. The Labute approximate surface area is 115 Å². The van der Waals surface area contributed by atoms with Gasteiger partial charge in [-0.15, -0.1) is 0 Å². The second-order valence-electron chi connectivity index (χ2n) is 4.70. The van der Waals surface area contributed by atoms with Gasteiger partial charge < -0.3 is 4.74 Å². The van der Waals surface area contributed by atoms with Crippen LogP contribution in [0, 0.1) is 0 Å². The molecule has 0 spiro atoms. The van der Waals surface area contributed by atoms with Crippen molar-refractivity contribution in [3.8, 4) is 11.1 Å². The first-order chi connectivity index (χ1) is 9.52. The molecule has 2 aromatic rings. The van der Waals surface area contributed by atoms with Gasteiger partial charge >= 0.3 is 6.18 Å². The maximum absolute atomic E-state index is 13.8. The number of benzene rings is 2. The van der Waals surface area contributed by atoms with Crippen molar-refractivity contribution in [3.05, 3.63) is 59.7 Å². The quantitative estimate of drug-likeness (QED) is 0.785. The fourth-order valence-electron chi connectivity index (χ4n) is 2.95. The van der Waals surface area contributed by atoms with Gasteiger partial charge in [0.15, 0.2) is 0 Å². The molecule has 20 heavy (non-hydrogen) atoms. The molecule has 104 valence electrons. The molecule has 0 amide bonds. The van der Waals surface area contributed by atoms with Gasteiger partial charge in [0, 0.05) is 17.7 Å². The van der Waals surface area contributed by atoms with E-state index in [4.69, 9.17) is 4.74 Å². The number of ether oxygens (including phenoxy) is 1. The summed E-state index contributed by atoms with van der Waals surface area (Å²) in [6.07, 6.45) is -4.51. The normalized spacial score (nSPS) is 15.8. The molecular formula is C16H13F3O. The van der Waals surface area contributed by atoms with Gasteiger partial charge in [0.05, 0.1) is 0 Å². The highest BCUT2D eigenvalue weighted by Gasteiger charge is 2.62. The first kappa shape index (κ1) is 13.2. The second kappa shape index (κ2) is 4.35. The van der Waals surface area contributed by atoms with Crippen molar-refractivity contribution in [1.82, 2.24) is 0 Å². The van der Waals surface area contributed by atoms with Crippen LogP contribution in [-0.2, 0) is 10.3 Å². The Kier molecular flexibility index (Phi) is 2.87. The van der Waals surface area contributed by atoms with E-state index in [1.807, 2.05) is 0 Å². The Balaban J connectivity index is 2.40. The van der Waals surface area contributed by atoms with Crippen LogP contribution < -0.4 is 0 Å². The van der Waals surface area contributed by atoms with Gasteiger partial charge in [-0.3, -0.25) is 0 Å². The van der Waals surface area contributed by atoms with Gasteiger partial charge in [-0.1, -0.05) is 48.5 Å². The maximum atomic E-state index is 13.8. The lowest BCUT2D eigenvalue weighted by atomic mass is 9.90. The lowest BCUT2D eigenvalue weighted by Crippen LogP contribution is -2.44. The highest BCUT2D eigenvalue weighted by Crippen LogP contribution is 2.56. The monoisotopic (exact) mass is 278 g/mol. The fourth-order valence-corrected chi connectivity index (χ4v) is 2.95. The molecule has 1 aliphatic rings. The van der Waals surface area contributed by atoms with E-state index in [1.165, 1.54) is 12.1 Å². The first-order valence-corrected chi connectivity index (χ1v) is 6.42. The summed E-state index contributed by atoms with van der Waals surface area (Å²) in [6.45, 7) is 1.57. The van der Waals surface area contributed by atoms with Crippen LogP contribution in [0.4, 0.5) is 13.2 Å². The molecule has 3 rings (SSSR count). The van der Waals surface area contributed by atoms with Crippen LogP contribution in [0.3, 0.4) is 0 Å². The van der Waals surface area contributed by atoms with Crippen LogP contribution in [0.1, 0.15) is 18.1 Å². The molecule has 0 heterocycles. The van der Waals surface area contributed by atoms with Crippen LogP contribution in [0.5, 0.6) is 0 Å². The maximum Gasteiger partial charge on any atom is 0.426 e. The summed E-state index contributed by atoms with van der Waals surface area (Å²) in [4.78, 5) is 0. The molecule has 4 heteroatoms. The van der Waals surface area contributed by atoms with Gasteiger partial charge in [0.25, 0.3) is 0 Å². The molecule has 0 saturated heterocycles. The van der Waals surface area contributed by atoms with Crippen molar-refractivity contribution in [3.63, 3.8) is 0 Å². The second-order valence-corrected chi connectivity index (χ2v) is 4.70. The largest absolute Gasteiger partial charge is 0.426 e. The van der Waals surface area contributed by atoms with E-state index in [1.54, 1.807) is 43.3 Å². The van der Waals surface area contributed by atoms with E-state index >= 15 is 0 Å². The predicted molar refractivity (Wildman–Crippen MR) is 70.3 cm³/mol. The van der Waals surface area contributed by atoms with Gasteiger partial charge in [-0.2, -0.15) is 13.2 Å². The summed E-state index contributed by atoms with van der Waals surface area (Å²) >= 11 is 0. The number of hydrogen-bond donors (Lipinski definition) is 0. The van der Waals surface area contributed by atoms with Crippen molar-refractivity contribution >= 4 is 0 Å². The van der Waals surface area contributed by atoms with Crippen LogP contribution in [-0.4, -0.2) is 12.8 Å². The van der Waals surface area contributed by atoms with Crippen LogP contribution in [0.2, 0.25) is 0 Å². The standard InChI is InChI=1S/C16H13F3O/c1-2-20-15(16(17,18)19)13-9-5-3-7-11(13)12-8-4-6-10-14(12)15/h3-10H,2H2,1H3. The zero-order valence-electron chi connectivity index (χ0n) is 10.9. The average Bonchev–Trinajstić information content (AvgIpc) is 2.72. The molecule has 2 aromatic carbocycles. The molecule has 0 unspecified atom stereocenters. The minimum absolute atomic E-state index is 0.0117. The summed E-state index contributed by atoms with van der Waals surface area (Å²) in [5.74, 6) is 0. The smallest absolute Gasteiger partial charge is 0.357 e. The van der Waals surface area contributed by atoms with Crippen molar-refractivity contribution < 1.29 is 17.9 Å². The van der Waals surface area contributed by atoms with Crippen LogP contribution in [0.25, 0.3) is 11.1 Å². The third-order valence-corrected chi connectivity index (χ3v) is 3.66. The summed E-state index contributed by atoms with van der Waals surface area (Å²) in [7, 11) is 0. The Hall–Kier alpha value is -1.81. The predicted octanol–water partition coefficient (Wildman–Crippen LogP) is 4.51. The van der Waals surface area contributed by atoms with E-state index in [-0.39, 0.29) is 17.7 Å². The van der Waals surface area contributed by atoms with E-state index in [0.717, 1.165) is 0 Å². The summed E-state index contributed by atoms with van der Waals surface area (Å²) in [5, 5.41) is 0. The molecule has 0 saturated carbocycles. The van der Waals surface area contributed by atoms with Gasteiger partial charge in [-0.05, 0) is 18.1 Å². The molecule has 0 atom stereocenters. The van der Waals surface area contributed by atoms with Crippen LogP contribution >= 0.6 is 0 Å². The molecule has 1 aliphatic carbocycles. The lowest BCUT2D eigenvalue weighted by molar-refractivity contribution is -0.264. The van der Waals surface area contributed by atoms with Crippen molar-refractivity contribution in [2.24, 2.45) is 0 Å². The Morgan fingerprint density at radius 3 is 1.75 bits per heavy atom. The molecule has 0 aliphatic heterocycles. The zero-order chi connectivity index (χ0) is 14.4. The summed E-state index contributed by atoms with van der Waals surface area (Å²) in [5.41, 5.74) is -0.816. The third-order valence-electron chi connectivity index (χ3n) is 3.66. The topological polar surface area (TPSA) is 9.23 Å². The first-order valence-electron chi connectivity index (χ1n) is 6.42.